The Bertz CT molecular complexity index is 571. The zero-order valence-electron chi connectivity index (χ0n) is 9.84. The van der Waals surface area contributed by atoms with Crippen LogP contribution in [0.15, 0.2) is 35.1 Å². The van der Waals surface area contributed by atoms with E-state index < -0.39 is 15.9 Å². The molecular weight excluding hydrogens is 259 g/mol. The van der Waals surface area contributed by atoms with Gasteiger partial charge >= 0.3 is 0 Å². The van der Waals surface area contributed by atoms with Gasteiger partial charge in [-0.2, -0.15) is 4.31 Å². The molecule has 0 fully saturated rings. The van der Waals surface area contributed by atoms with Gasteiger partial charge in [0.15, 0.2) is 0 Å². The van der Waals surface area contributed by atoms with Crippen molar-refractivity contribution in [2.45, 2.75) is 11.3 Å². The molecule has 0 aromatic carbocycles. The molecule has 0 N–H and O–H groups in total. The number of hydrogen-bond acceptors (Lipinski definition) is 4. The summed E-state index contributed by atoms with van der Waals surface area (Å²) in [6.45, 7) is 0.0220. The second-order valence-corrected chi connectivity index (χ2v) is 5.70. The van der Waals surface area contributed by atoms with Crippen molar-refractivity contribution < 1.29 is 17.5 Å². The number of sulfonamides is 1. The fraction of sp³-hybridized carbons (Fsp3) is 0.364. The van der Waals surface area contributed by atoms with Gasteiger partial charge in [-0.3, -0.25) is 0 Å². The van der Waals surface area contributed by atoms with E-state index >= 15 is 0 Å². The highest BCUT2D eigenvalue weighted by atomic mass is 32.2. The van der Waals surface area contributed by atoms with Crippen molar-refractivity contribution in [2.24, 2.45) is 0 Å². The smallest absolute Gasteiger partial charge is 0.248 e. The molecular formula is C11H13FN2O3S. The number of aromatic nitrogens is 1. The predicted molar refractivity (Wildman–Crippen MR) is 63.4 cm³/mol. The van der Waals surface area contributed by atoms with Gasteiger partial charge in [0.1, 0.15) is 10.7 Å². The first-order chi connectivity index (χ1) is 8.55. The molecule has 0 unspecified atom stereocenters. The van der Waals surface area contributed by atoms with Crippen LogP contribution in [0, 0.1) is 0 Å². The SMILES string of the molecule is COc1ncccc1S(=O)(=O)N1CCC=C(F)C1. The van der Waals surface area contributed by atoms with E-state index in [4.69, 9.17) is 4.74 Å². The quantitative estimate of drug-likeness (QED) is 0.833. The number of halogens is 1. The molecule has 0 radical (unpaired) electrons. The van der Waals surface area contributed by atoms with Crippen LogP contribution in [0.25, 0.3) is 0 Å². The highest BCUT2D eigenvalue weighted by Gasteiger charge is 2.30. The van der Waals surface area contributed by atoms with Crippen molar-refractivity contribution in [1.82, 2.24) is 9.29 Å². The molecule has 5 nitrogen and oxygen atoms in total. The van der Waals surface area contributed by atoms with Crippen LogP contribution in [0.5, 0.6) is 5.88 Å². The normalized spacial score (nSPS) is 17.3. The van der Waals surface area contributed by atoms with E-state index in [0.29, 0.717) is 6.42 Å². The highest BCUT2D eigenvalue weighted by Crippen LogP contribution is 2.26. The van der Waals surface area contributed by atoms with Crippen LogP contribution in [-0.4, -0.2) is 37.9 Å². The molecule has 7 heteroatoms. The average Bonchev–Trinajstić information content (AvgIpc) is 2.38. The zero-order chi connectivity index (χ0) is 13.2. The maximum absolute atomic E-state index is 13.2. The number of rotatable bonds is 3. The molecule has 0 saturated carbocycles. The Morgan fingerprint density at radius 1 is 1.50 bits per heavy atom. The van der Waals surface area contributed by atoms with Gasteiger partial charge in [-0.15, -0.1) is 0 Å². The molecule has 0 spiro atoms. The summed E-state index contributed by atoms with van der Waals surface area (Å²) in [5.74, 6) is -0.417. The van der Waals surface area contributed by atoms with Crippen LogP contribution in [0.4, 0.5) is 4.39 Å². The minimum Gasteiger partial charge on any atom is -0.480 e. The lowest BCUT2D eigenvalue weighted by molar-refractivity contribution is 0.369. The zero-order valence-corrected chi connectivity index (χ0v) is 10.7. The van der Waals surface area contributed by atoms with Gasteiger partial charge in [0.25, 0.3) is 0 Å². The Balaban J connectivity index is 2.39. The first-order valence-corrected chi connectivity index (χ1v) is 6.83. The van der Waals surface area contributed by atoms with Crippen molar-refractivity contribution in [3.8, 4) is 5.88 Å². The van der Waals surface area contributed by atoms with Gasteiger partial charge < -0.3 is 4.74 Å². The summed E-state index contributed by atoms with van der Waals surface area (Å²) < 4.78 is 43.8. The molecule has 2 heterocycles. The summed E-state index contributed by atoms with van der Waals surface area (Å²) in [7, 11) is -2.43. The molecule has 0 bridgehead atoms. The van der Waals surface area contributed by atoms with Crippen molar-refractivity contribution >= 4 is 10.0 Å². The first-order valence-electron chi connectivity index (χ1n) is 5.39. The summed E-state index contributed by atoms with van der Waals surface area (Å²) in [6, 6.07) is 2.91. The molecule has 98 valence electrons. The van der Waals surface area contributed by atoms with Crippen molar-refractivity contribution in [3.63, 3.8) is 0 Å². The Morgan fingerprint density at radius 2 is 2.28 bits per heavy atom. The molecule has 1 aliphatic heterocycles. The Kier molecular flexibility index (Phi) is 3.63. The van der Waals surface area contributed by atoms with E-state index in [1.165, 1.54) is 31.5 Å². The predicted octanol–water partition coefficient (Wildman–Crippen LogP) is 1.34. The minimum atomic E-state index is -3.77. The molecule has 2 rings (SSSR count). The Morgan fingerprint density at radius 3 is 2.94 bits per heavy atom. The molecule has 1 aromatic heterocycles. The lowest BCUT2D eigenvalue weighted by atomic mass is 10.3. The van der Waals surface area contributed by atoms with Crippen molar-refractivity contribution in [1.29, 1.82) is 0 Å². The number of nitrogens with zero attached hydrogens (tertiary/aromatic N) is 2. The molecule has 0 aliphatic carbocycles. The van der Waals surface area contributed by atoms with Gasteiger partial charge in [-0.1, -0.05) is 6.08 Å². The Hall–Kier alpha value is -1.47. The monoisotopic (exact) mass is 272 g/mol. The summed E-state index contributed by atoms with van der Waals surface area (Å²) in [5, 5.41) is 0. The third-order valence-electron chi connectivity index (χ3n) is 2.62. The molecule has 0 amide bonds. The van der Waals surface area contributed by atoms with Crippen molar-refractivity contribution in [3.05, 3.63) is 30.2 Å². The lowest BCUT2D eigenvalue weighted by Crippen LogP contribution is -2.35. The van der Waals surface area contributed by atoms with Crippen molar-refractivity contribution in [2.75, 3.05) is 20.2 Å². The van der Waals surface area contributed by atoms with Crippen LogP contribution in [0.3, 0.4) is 0 Å². The van der Waals surface area contributed by atoms with Crippen LogP contribution in [0.1, 0.15) is 6.42 Å². The topological polar surface area (TPSA) is 59.5 Å². The summed E-state index contributed by atoms with van der Waals surface area (Å²) in [6.07, 6.45) is 3.20. The second-order valence-electron chi connectivity index (χ2n) is 3.79. The fourth-order valence-corrected chi connectivity index (χ4v) is 3.27. The van der Waals surface area contributed by atoms with Crippen LogP contribution >= 0.6 is 0 Å². The highest BCUT2D eigenvalue weighted by molar-refractivity contribution is 7.89. The molecule has 0 atom stereocenters. The van der Waals surface area contributed by atoms with E-state index in [1.807, 2.05) is 0 Å². The van der Waals surface area contributed by atoms with Gasteiger partial charge in [0.2, 0.25) is 15.9 Å². The first kappa shape index (κ1) is 13.0. The Labute approximate surface area is 105 Å². The maximum Gasteiger partial charge on any atom is 0.248 e. The number of methoxy groups -OCH3 is 1. The molecule has 1 aliphatic rings. The van der Waals surface area contributed by atoms with E-state index in [2.05, 4.69) is 4.98 Å². The van der Waals surface area contributed by atoms with E-state index in [9.17, 15) is 12.8 Å². The van der Waals surface area contributed by atoms with E-state index in [0.717, 1.165) is 4.31 Å². The summed E-state index contributed by atoms with van der Waals surface area (Å²) in [5.41, 5.74) is 0. The molecule has 18 heavy (non-hydrogen) atoms. The molecule has 1 aromatic rings. The number of hydrogen-bond donors (Lipinski definition) is 0. The van der Waals surface area contributed by atoms with Gasteiger partial charge in [-0.25, -0.2) is 17.8 Å². The van der Waals surface area contributed by atoms with E-state index in [1.54, 1.807) is 0 Å². The average molecular weight is 272 g/mol. The third kappa shape index (κ3) is 2.37. The van der Waals surface area contributed by atoms with Crippen LogP contribution in [-0.2, 0) is 10.0 Å². The van der Waals surface area contributed by atoms with Gasteiger partial charge in [0, 0.05) is 12.7 Å². The minimum absolute atomic E-state index is 0.0208. The summed E-state index contributed by atoms with van der Waals surface area (Å²) >= 11 is 0. The fourth-order valence-electron chi connectivity index (χ4n) is 1.75. The molecule has 0 saturated heterocycles. The second kappa shape index (κ2) is 5.03. The number of ether oxygens (including phenoxy) is 1. The van der Waals surface area contributed by atoms with Crippen LogP contribution in [0.2, 0.25) is 0 Å². The van der Waals surface area contributed by atoms with Crippen LogP contribution < -0.4 is 4.74 Å². The maximum atomic E-state index is 13.2. The third-order valence-corrected chi connectivity index (χ3v) is 4.48. The standard InChI is InChI=1S/C11H13FN2O3S/c1-17-11-10(5-2-6-13-11)18(15,16)14-7-3-4-9(12)8-14/h2,4-6H,3,7-8H2,1H3. The largest absolute Gasteiger partial charge is 0.480 e. The number of pyridine rings is 1. The van der Waals surface area contributed by atoms with Gasteiger partial charge in [0.05, 0.1) is 13.7 Å². The van der Waals surface area contributed by atoms with E-state index in [-0.39, 0.29) is 23.9 Å². The van der Waals surface area contributed by atoms with Gasteiger partial charge in [-0.05, 0) is 18.6 Å². The summed E-state index contributed by atoms with van der Waals surface area (Å²) in [4.78, 5) is 3.80. The lowest BCUT2D eigenvalue weighted by Gasteiger charge is -2.24.